The van der Waals surface area contributed by atoms with Crippen LogP contribution in [0.25, 0.3) is 0 Å². The van der Waals surface area contributed by atoms with Crippen molar-refractivity contribution in [2.45, 2.75) is 53.4 Å². The lowest BCUT2D eigenvalue weighted by atomic mass is 10.0. The van der Waals surface area contributed by atoms with Crippen molar-refractivity contribution >= 4 is 17.4 Å². The maximum atomic E-state index is 6.35. The molecule has 0 unspecified atom stereocenters. The number of aryl methyl sites for hydroxylation is 3. The van der Waals surface area contributed by atoms with Crippen molar-refractivity contribution in [3.05, 3.63) is 46.4 Å². The Hall–Kier alpha value is -1.81. The van der Waals surface area contributed by atoms with Gasteiger partial charge in [-0.05, 0) is 50.8 Å². The average Bonchev–Trinajstić information content (AvgIpc) is 2.63. The van der Waals surface area contributed by atoms with Crippen LogP contribution in [0.3, 0.4) is 0 Å². The Morgan fingerprint density at radius 3 is 2.62 bits per heavy atom. The first-order valence-corrected chi connectivity index (χ1v) is 9.89. The number of aromatic nitrogens is 2. The molecule has 4 nitrogen and oxygen atoms in total. The molecule has 0 aliphatic heterocycles. The fraction of sp³-hybridized carbons (Fsp3) is 0.524. The number of anilines is 1. The second kappa shape index (κ2) is 10.4. The predicted molar refractivity (Wildman–Crippen MR) is 110 cm³/mol. The summed E-state index contributed by atoms with van der Waals surface area (Å²) in [5.74, 6) is 1.72. The molecule has 0 N–H and O–H groups in total. The second-order valence-corrected chi connectivity index (χ2v) is 6.96. The molecule has 0 saturated heterocycles. The number of ether oxygens (including phenoxy) is 1. The van der Waals surface area contributed by atoms with Gasteiger partial charge in [-0.15, -0.1) is 0 Å². The van der Waals surface area contributed by atoms with Crippen LogP contribution in [0.4, 0.5) is 5.82 Å². The van der Waals surface area contributed by atoms with E-state index in [4.69, 9.17) is 16.3 Å². The largest absolute Gasteiger partial charge is 0.491 e. The van der Waals surface area contributed by atoms with Crippen LogP contribution in [0, 0.1) is 13.8 Å². The van der Waals surface area contributed by atoms with E-state index in [1.54, 1.807) is 6.33 Å². The summed E-state index contributed by atoms with van der Waals surface area (Å²) in [5.41, 5.74) is 3.38. The Balaban J connectivity index is 1.92. The van der Waals surface area contributed by atoms with E-state index in [-0.39, 0.29) is 0 Å². The maximum absolute atomic E-state index is 6.35. The van der Waals surface area contributed by atoms with Gasteiger partial charge >= 0.3 is 0 Å². The minimum Gasteiger partial charge on any atom is -0.491 e. The predicted octanol–water partition coefficient (Wildman–Crippen LogP) is 5.38. The first-order chi connectivity index (χ1) is 12.6. The van der Waals surface area contributed by atoms with Crippen molar-refractivity contribution in [1.29, 1.82) is 0 Å². The highest BCUT2D eigenvalue weighted by Crippen LogP contribution is 2.25. The van der Waals surface area contributed by atoms with Crippen LogP contribution in [0.1, 0.15) is 49.9 Å². The molecule has 0 atom stereocenters. The van der Waals surface area contributed by atoms with Crippen LogP contribution in [-0.2, 0) is 6.42 Å². The standard InChI is InChI=1S/C21H30ClN3O/c1-5-7-8-9-18-10-11-19(16(3)14-18)26-13-12-25(6-2)21-20(22)17(4)23-15-24-21/h10-11,14-15H,5-9,12-13H2,1-4H3. The van der Waals surface area contributed by atoms with Gasteiger partial charge in [-0.3, -0.25) is 0 Å². The number of likely N-dealkylation sites (N-methyl/N-ethyl adjacent to an activating group) is 1. The van der Waals surface area contributed by atoms with Gasteiger partial charge in [0, 0.05) is 6.54 Å². The number of benzene rings is 1. The number of nitrogens with zero attached hydrogens (tertiary/aromatic N) is 3. The SMILES string of the molecule is CCCCCc1ccc(OCCN(CC)c2ncnc(C)c2Cl)c(C)c1. The van der Waals surface area contributed by atoms with E-state index in [9.17, 15) is 0 Å². The van der Waals surface area contributed by atoms with Gasteiger partial charge in [-0.2, -0.15) is 0 Å². The van der Waals surface area contributed by atoms with Crippen molar-refractivity contribution in [1.82, 2.24) is 9.97 Å². The summed E-state index contributed by atoms with van der Waals surface area (Å²) in [7, 11) is 0. The van der Waals surface area contributed by atoms with Crippen LogP contribution in [0.15, 0.2) is 24.5 Å². The van der Waals surface area contributed by atoms with Crippen LogP contribution in [0.2, 0.25) is 5.02 Å². The van der Waals surface area contributed by atoms with Gasteiger partial charge in [0.2, 0.25) is 0 Å². The summed E-state index contributed by atoms with van der Waals surface area (Å²) in [6, 6.07) is 6.52. The molecule has 5 heteroatoms. The highest BCUT2D eigenvalue weighted by Gasteiger charge is 2.13. The van der Waals surface area contributed by atoms with E-state index < -0.39 is 0 Å². The van der Waals surface area contributed by atoms with Gasteiger partial charge in [0.15, 0.2) is 5.82 Å². The Morgan fingerprint density at radius 1 is 1.12 bits per heavy atom. The second-order valence-electron chi connectivity index (χ2n) is 6.58. The maximum Gasteiger partial charge on any atom is 0.151 e. The zero-order valence-electron chi connectivity index (χ0n) is 16.4. The van der Waals surface area contributed by atoms with Crippen molar-refractivity contribution < 1.29 is 4.74 Å². The first-order valence-electron chi connectivity index (χ1n) is 9.51. The summed E-state index contributed by atoms with van der Waals surface area (Å²) in [6.07, 6.45) is 6.49. The Morgan fingerprint density at radius 2 is 1.92 bits per heavy atom. The molecule has 0 amide bonds. The molecular weight excluding hydrogens is 346 g/mol. The molecule has 142 valence electrons. The van der Waals surface area contributed by atoms with E-state index >= 15 is 0 Å². The molecule has 2 rings (SSSR count). The summed E-state index contributed by atoms with van der Waals surface area (Å²) >= 11 is 6.35. The Labute approximate surface area is 162 Å². The van der Waals surface area contributed by atoms with E-state index in [0.717, 1.165) is 36.8 Å². The molecule has 1 aromatic carbocycles. The van der Waals surface area contributed by atoms with Crippen LogP contribution in [-0.4, -0.2) is 29.7 Å². The molecule has 0 radical (unpaired) electrons. The smallest absolute Gasteiger partial charge is 0.151 e. The Bertz CT molecular complexity index is 706. The lowest BCUT2D eigenvalue weighted by Crippen LogP contribution is -2.29. The van der Waals surface area contributed by atoms with Gasteiger partial charge < -0.3 is 9.64 Å². The molecule has 0 spiro atoms. The molecule has 0 fully saturated rings. The molecule has 26 heavy (non-hydrogen) atoms. The minimum absolute atomic E-state index is 0.587. The third kappa shape index (κ3) is 5.60. The molecule has 0 aliphatic rings. The number of hydrogen-bond donors (Lipinski definition) is 0. The fourth-order valence-corrected chi connectivity index (χ4v) is 3.17. The lowest BCUT2D eigenvalue weighted by Gasteiger charge is -2.23. The van der Waals surface area contributed by atoms with Gasteiger partial charge in [-0.25, -0.2) is 9.97 Å². The number of hydrogen-bond acceptors (Lipinski definition) is 4. The highest BCUT2D eigenvalue weighted by atomic mass is 35.5. The van der Waals surface area contributed by atoms with Crippen molar-refractivity contribution in [2.75, 3.05) is 24.6 Å². The quantitative estimate of drug-likeness (QED) is 0.522. The molecule has 0 bridgehead atoms. The van der Waals surface area contributed by atoms with E-state index in [0.29, 0.717) is 11.6 Å². The van der Waals surface area contributed by atoms with Crippen molar-refractivity contribution in [2.24, 2.45) is 0 Å². The van der Waals surface area contributed by atoms with E-state index in [1.165, 1.54) is 30.4 Å². The first kappa shape index (κ1) is 20.5. The zero-order valence-corrected chi connectivity index (χ0v) is 17.1. The van der Waals surface area contributed by atoms with Crippen LogP contribution in [0.5, 0.6) is 5.75 Å². The number of halogens is 1. The fourth-order valence-electron chi connectivity index (χ4n) is 2.95. The lowest BCUT2D eigenvalue weighted by molar-refractivity contribution is 0.321. The zero-order chi connectivity index (χ0) is 18.9. The van der Waals surface area contributed by atoms with Gasteiger partial charge in [-0.1, -0.05) is 43.5 Å². The number of unbranched alkanes of at least 4 members (excludes halogenated alkanes) is 2. The van der Waals surface area contributed by atoms with Crippen molar-refractivity contribution in [3.63, 3.8) is 0 Å². The number of rotatable bonds is 10. The van der Waals surface area contributed by atoms with Crippen LogP contribution < -0.4 is 9.64 Å². The third-order valence-electron chi connectivity index (χ3n) is 4.55. The highest BCUT2D eigenvalue weighted by molar-refractivity contribution is 6.33. The van der Waals surface area contributed by atoms with Gasteiger partial charge in [0.05, 0.1) is 12.2 Å². The normalized spacial score (nSPS) is 10.8. The summed E-state index contributed by atoms with van der Waals surface area (Å²) in [6.45, 7) is 10.5. The molecule has 2 aromatic rings. The monoisotopic (exact) mass is 375 g/mol. The van der Waals surface area contributed by atoms with E-state index in [2.05, 4.69) is 53.8 Å². The molecule has 1 aromatic heterocycles. The molecule has 0 saturated carbocycles. The molecule has 1 heterocycles. The summed E-state index contributed by atoms with van der Waals surface area (Å²) in [4.78, 5) is 10.6. The topological polar surface area (TPSA) is 38.2 Å². The Kier molecular flexibility index (Phi) is 8.17. The summed E-state index contributed by atoms with van der Waals surface area (Å²) < 4.78 is 6.01. The van der Waals surface area contributed by atoms with E-state index in [1.807, 2.05) is 6.92 Å². The van der Waals surface area contributed by atoms with Gasteiger partial charge in [0.1, 0.15) is 23.7 Å². The molecule has 0 aliphatic carbocycles. The molecular formula is C21H30ClN3O. The van der Waals surface area contributed by atoms with Gasteiger partial charge in [0.25, 0.3) is 0 Å². The van der Waals surface area contributed by atoms with Crippen molar-refractivity contribution in [3.8, 4) is 5.75 Å². The minimum atomic E-state index is 0.587. The average molecular weight is 376 g/mol. The summed E-state index contributed by atoms with van der Waals surface area (Å²) in [5, 5.41) is 0.613. The third-order valence-corrected chi connectivity index (χ3v) is 5.00. The van der Waals surface area contributed by atoms with Crippen LogP contribution >= 0.6 is 11.6 Å².